The van der Waals surface area contributed by atoms with Crippen molar-refractivity contribution in [2.75, 3.05) is 5.43 Å². The van der Waals surface area contributed by atoms with E-state index in [1.165, 1.54) is 35.2 Å². The molecule has 0 aliphatic heterocycles. The zero-order chi connectivity index (χ0) is 22.6. The Bertz CT molecular complexity index is 1340. The summed E-state index contributed by atoms with van der Waals surface area (Å²) in [6.45, 7) is 3.93. The second-order valence-electron chi connectivity index (χ2n) is 7.16. The summed E-state index contributed by atoms with van der Waals surface area (Å²) in [6.07, 6.45) is 1.51. The van der Waals surface area contributed by atoms with Crippen molar-refractivity contribution in [1.29, 1.82) is 0 Å². The molecule has 1 aromatic heterocycles. The molecule has 162 valence electrons. The van der Waals surface area contributed by atoms with E-state index in [4.69, 9.17) is 4.18 Å². The molecule has 0 amide bonds. The molecule has 4 rings (SSSR count). The van der Waals surface area contributed by atoms with E-state index >= 15 is 0 Å². The van der Waals surface area contributed by atoms with Crippen LogP contribution in [0.4, 0.5) is 5.13 Å². The average molecular weight is 464 g/mol. The van der Waals surface area contributed by atoms with Gasteiger partial charge in [0.1, 0.15) is 4.90 Å². The predicted molar refractivity (Wildman–Crippen MR) is 129 cm³/mol. The number of benzene rings is 3. The van der Waals surface area contributed by atoms with E-state index in [9.17, 15) is 8.42 Å². The van der Waals surface area contributed by atoms with Crippen LogP contribution in [0, 0.1) is 13.8 Å². The number of anilines is 1. The maximum atomic E-state index is 12.6. The van der Waals surface area contributed by atoms with Crippen molar-refractivity contribution >= 4 is 32.8 Å². The van der Waals surface area contributed by atoms with Crippen LogP contribution in [0.1, 0.15) is 16.7 Å². The van der Waals surface area contributed by atoms with Gasteiger partial charge in [-0.15, -0.1) is 11.3 Å². The van der Waals surface area contributed by atoms with E-state index in [-0.39, 0.29) is 10.6 Å². The maximum Gasteiger partial charge on any atom is 0.339 e. The van der Waals surface area contributed by atoms with Gasteiger partial charge in [0, 0.05) is 16.5 Å². The number of para-hydroxylation sites is 1. The minimum Gasteiger partial charge on any atom is -0.378 e. The van der Waals surface area contributed by atoms with Gasteiger partial charge in [0.2, 0.25) is 5.13 Å². The highest BCUT2D eigenvalue weighted by Gasteiger charge is 2.17. The van der Waals surface area contributed by atoms with Gasteiger partial charge in [0.05, 0.1) is 11.9 Å². The van der Waals surface area contributed by atoms with Crippen LogP contribution < -0.4 is 9.61 Å². The molecular formula is C24H21N3O3S2. The molecule has 0 bridgehead atoms. The molecule has 0 radical (unpaired) electrons. The standard InChI is InChI=1S/C24H21N3O3S2/c1-17-7-11-19(12-8-17)22-16-31-24(26-22)27-25-15-20-5-3-4-6-23(20)30-32(28,29)21-13-9-18(2)10-14-21/h3-16H,1-2H3,(H,26,27)/b25-15-. The summed E-state index contributed by atoms with van der Waals surface area (Å²) >= 11 is 1.43. The summed E-state index contributed by atoms with van der Waals surface area (Å²) < 4.78 is 30.6. The third kappa shape index (κ3) is 5.22. The minimum absolute atomic E-state index is 0.0967. The number of rotatable bonds is 7. The number of hydrogen-bond acceptors (Lipinski definition) is 7. The Kier molecular flexibility index (Phi) is 6.34. The molecule has 1 N–H and O–H groups in total. The monoisotopic (exact) mass is 463 g/mol. The Morgan fingerprint density at radius 3 is 2.31 bits per heavy atom. The molecule has 0 saturated carbocycles. The van der Waals surface area contributed by atoms with Crippen molar-refractivity contribution < 1.29 is 12.6 Å². The molecule has 0 atom stereocenters. The number of aryl methyl sites for hydroxylation is 2. The summed E-state index contributed by atoms with van der Waals surface area (Å²) in [5, 5.41) is 6.79. The van der Waals surface area contributed by atoms with Crippen LogP contribution in [0.25, 0.3) is 11.3 Å². The van der Waals surface area contributed by atoms with Crippen molar-refractivity contribution in [3.63, 3.8) is 0 Å². The van der Waals surface area contributed by atoms with Gasteiger partial charge < -0.3 is 4.18 Å². The van der Waals surface area contributed by atoms with Gasteiger partial charge in [-0.3, -0.25) is 5.43 Å². The third-order valence-corrected chi connectivity index (χ3v) is 6.64. The molecule has 0 aliphatic rings. The van der Waals surface area contributed by atoms with Crippen LogP contribution >= 0.6 is 11.3 Å². The Morgan fingerprint density at radius 2 is 1.59 bits per heavy atom. The molecule has 8 heteroatoms. The van der Waals surface area contributed by atoms with E-state index < -0.39 is 10.1 Å². The van der Waals surface area contributed by atoms with Gasteiger partial charge in [-0.1, -0.05) is 59.7 Å². The smallest absolute Gasteiger partial charge is 0.339 e. The normalized spacial score (nSPS) is 11.6. The Balaban J connectivity index is 1.47. The molecule has 0 aliphatic carbocycles. The van der Waals surface area contributed by atoms with Gasteiger partial charge >= 0.3 is 10.1 Å². The number of aromatic nitrogens is 1. The second-order valence-corrected chi connectivity index (χ2v) is 9.57. The summed E-state index contributed by atoms with van der Waals surface area (Å²) in [5.41, 5.74) is 7.47. The largest absolute Gasteiger partial charge is 0.378 e. The van der Waals surface area contributed by atoms with Gasteiger partial charge in [-0.25, -0.2) is 4.98 Å². The molecular weight excluding hydrogens is 442 g/mol. The fourth-order valence-electron chi connectivity index (χ4n) is 2.87. The summed E-state index contributed by atoms with van der Waals surface area (Å²) in [4.78, 5) is 4.63. The molecule has 3 aromatic carbocycles. The highest BCUT2D eigenvalue weighted by Crippen LogP contribution is 2.26. The fraction of sp³-hybridized carbons (Fsp3) is 0.0833. The number of nitrogens with zero attached hydrogens (tertiary/aromatic N) is 2. The van der Waals surface area contributed by atoms with E-state index in [2.05, 4.69) is 15.5 Å². The van der Waals surface area contributed by atoms with E-state index in [0.717, 1.165) is 16.8 Å². The molecule has 4 aromatic rings. The van der Waals surface area contributed by atoms with Gasteiger partial charge in [-0.05, 0) is 38.1 Å². The first-order valence-electron chi connectivity index (χ1n) is 9.82. The molecule has 0 saturated heterocycles. The van der Waals surface area contributed by atoms with Crippen molar-refractivity contribution in [3.05, 3.63) is 94.9 Å². The fourth-order valence-corrected chi connectivity index (χ4v) is 4.50. The first kappa shape index (κ1) is 21.7. The quantitative estimate of drug-likeness (QED) is 0.218. The van der Waals surface area contributed by atoms with Gasteiger partial charge in [0.25, 0.3) is 0 Å². The first-order valence-corrected chi connectivity index (χ1v) is 12.1. The Labute approximate surface area is 191 Å². The van der Waals surface area contributed by atoms with Gasteiger partial charge in [-0.2, -0.15) is 13.5 Å². The van der Waals surface area contributed by atoms with Gasteiger partial charge in [0.15, 0.2) is 5.75 Å². The maximum absolute atomic E-state index is 12.6. The summed E-state index contributed by atoms with van der Waals surface area (Å²) in [7, 11) is -3.95. The van der Waals surface area contributed by atoms with Crippen molar-refractivity contribution in [2.24, 2.45) is 5.10 Å². The van der Waals surface area contributed by atoms with Crippen LogP contribution in [0.3, 0.4) is 0 Å². The molecule has 1 heterocycles. The van der Waals surface area contributed by atoms with Crippen LogP contribution in [-0.2, 0) is 10.1 Å². The zero-order valence-corrected chi connectivity index (χ0v) is 19.2. The Morgan fingerprint density at radius 1 is 0.938 bits per heavy atom. The lowest BCUT2D eigenvalue weighted by molar-refractivity contribution is 0.485. The molecule has 0 fully saturated rings. The number of nitrogens with one attached hydrogen (secondary N) is 1. The predicted octanol–water partition coefficient (Wildman–Crippen LogP) is 5.64. The highest BCUT2D eigenvalue weighted by atomic mass is 32.2. The number of thiazole rings is 1. The van der Waals surface area contributed by atoms with Crippen LogP contribution in [0.15, 0.2) is 88.2 Å². The Hall–Kier alpha value is -3.49. The zero-order valence-electron chi connectivity index (χ0n) is 17.5. The van der Waals surface area contributed by atoms with Crippen molar-refractivity contribution in [1.82, 2.24) is 4.98 Å². The van der Waals surface area contributed by atoms with E-state index in [1.54, 1.807) is 36.4 Å². The molecule has 6 nitrogen and oxygen atoms in total. The number of hydrogen-bond donors (Lipinski definition) is 1. The van der Waals surface area contributed by atoms with Crippen LogP contribution in [0.2, 0.25) is 0 Å². The summed E-state index contributed by atoms with van der Waals surface area (Å²) in [6, 6.07) is 21.5. The topological polar surface area (TPSA) is 80.7 Å². The number of hydrazone groups is 1. The molecule has 0 unspecified atom stereocenters. The first-order chi connectivity index (χ1) is 15.4. The summed E-state index contributed by atoms with van der Waals surface area (Å²) in [5.74, 6) is 0.193. The van der Waals surface area contributed by atoms with E-state index in [1.807, 2.05) is 43.5 Å². The molecule has 0 spiro atoms. The average Bonchev–Trinajstić information content (AvgIpc) is 3.24. The van der Waals surface area contributed by atoms with Crippen molar-refractivity contribution in [3.8, 4) is 17.0 Å². The molecule has 32 heavy (non-hydrogen) atoms. The van der Waals surface area contributed by atoms with Crippen LogP contribution in [-0.4, -0.2) is 19.6 Å². The second kappa shape index (κ2) is 9.33. The third-order valence-electron chi connectivity index (χ3n) is 4.64. The van der Waals surface area contributed by atoms with Crippen LogP contribution in [0.5, 0.6) is 5.75 Å². The SMILES string of the molecule is Cc1ccc(-c2csc(N/N=C\c3ccccc3OS(=O)(=O)c3ccc(C)cc3)n2)cc1. The lowest BCUT2D eigenvalue weighted by Crippen LogP contribution is -2.11. The highest BCUT2D eigenvalue weighted by molar-refractivity contribution is 7.87. The minimum atomic E-state index is -3.95. The van der Waals surface area contributed by atoms with E-state index in [0.29, 0.717) is 10.7 Å². The lowest BCUT2D eigenvalue weighted by Gasteiger charge is -2.09. The lowest BCUT2D eigenvalue weighted by atomic mass is 10.1. The van der Waals surface area contributed by atoms with Crippen molar-refractivity contribution in [2.45, 2.75) is 18.7 Å².